The van der Waals surface area contributed by atoms with Crippen LogP contribution in [0.15, 0.2) is 12.1 Å². The van der Waals surface area contributed by atoms with Gasteiger partial charge in [0.2, 0.25) is 0 Å². The highest BCUT2D eigenvalue weighted by molar-refractivity contribution is 5.93. The molecule has 2 aliphatic heterocycles. The summed E-state index contributed by atoms with van der Waals surface area (Å²) >= 11 is 0. The summed E-state index contributed by atoms with van der Waals surface area (Å²) < 4.78 is 12.0. The van der Waals surface area contributed by atoms with Gasteiger partial charge in [-0.2, -0.15) is 0 Å². The maximum atomic E-state index is 13.5. The molecule has 1 saturated carbocycles. The van der Waals surface area contributed by atoms with Crippen LogP contribution in [0.4, 0.5) is 0 Å². The number of methoxy groups -OCH3 is 1. The van der Waals surface area contributed by atoms with E-state index in [1.807, 2.05) is 6.07 Å². The normalized spacial score (nSPS) is 40.4. The van der Waals surface area contributed by atoms with Crippen molar-refractivity contribution >= 4 is 5.78 Å². The van der Waals surface area contributed by atoms with Gasteiger partial charge in [-0.15, -0.1) is 0 Å². The Kier molecular flexibility index (Phi) is 2.88. The molecule has 0 amide bonds. The van der Waals surface area contributed by atoms with Gasteiger partial charge in [0.25, 0.3) is 0 Å². The minimum absolute atomic E-state index is 0.166. The lowest BCUT2D eigenvalue weighted by Gasteiger charge is -2.62. The van der Waals surface area contributed by atoms with Gasteiger partial charge in [-0.05, 0) is 49.9 Å². The number of carbonyl (C=O) groups excluding carboxylic acids is 1. The SMILES string of the molecule is COc1ccc2c3c1O[C@H]1C(=O)C(C)(C)[C@H](C)C4[C@@H](C2)N(C)CC[C@@]341. The molecule has 4 nitrogen and oxygen atoms in total. The van der Waals surface area contributed by atoms with Crippen molar-refractivity contribution in [3.05, 3.63) is 23.3 Å². The van der Waals surface area contributed by atoms with E-state index < -0.39 is 0 Å². The molecular weight excluding hydrogens is 314 g/mol. The summed E-state index contributed by atoms with van der Waals surface area (Å²) in [7, 11) is 3.93. The predicted octanol–water partition coefficient (Wildman–Crippen LogP) is 2.82. The maximum absolute atomic E-state index is 13.5. The fourth-order valence-corrected chi connectivity index (χ4v) is 6.41. The average molecular weight is 341 g/mol. The van der Waals surface area contributed by atoms with Crippen LogP contribution < -0.4 is 9.47 Å². The molecule has 134 valence electrons. The molecule has 4 heteroatoms. The quantitative estimate of drug-likeness (QED) is 0.787. The summed E-state index contributed by atoms with van der Waals surface area (Å²) in [4.78, 5) is 16.0. The topological polar surface area (TPSA) is 38.8 Å². The molecular formula is C21H27NO3. The second-order valence-electron chi connectivity index (χ2n) is 9.07. The van der Waals surface area contributed by atoms with Crippen molar-refractivity contribution in [3.8, 4) is 11.5 Å². The van der Waals surface area contributed by atoms with Crippen LogP contribution in [0.2, 0.25) is 0 Å². The number of ketones is 1. The van der Waals surface area contributed by atoms with Gasteiger partial charge >= 0.3 is 0 Å². The first-order valence-corrected chi connectivity index (χ1v) is 9.45. The van der Waals surface area contributed by atoms with Crippen LogP contribution in [0, 0.1) is 17.3 Å². The van der Waals surface area contributed by atoms with Crippen LogP contribution in [0.5, 0.6) is 11.5 Å². The van der Waals surface area contributed by atoms with Crippen molar-refractivity contribution < 1.29 is 14.3 Å². The summed E-state index contributed by atoms with van der Waals surface area (Å²) in [6.45, 7) is 7.54. The Morgan fingerprint density at radius 2 is 2.08 bits per heavy atom. The standard InChI is InChI=1S/C21H27NO3/c1-11-15-13-10-12-6-7-14(24-5)17-16(12)21(15,8-9-22(13)4)19(25-17)18(23)20(11,2)3/h6-7,11,13,15,19H,8-10H2,1-5H3/t11-,13-,15?,19+,21+/m1/s1. The van der Waals surface area contributed by atoms with Crippen LogP contribution >= 0.6 is 0 Å². The molecule has 1 saturated heterocycles. The molecule has 1 aromatic rings. The van der Waals surface area contributed by atoms with E-state index in [2.05, 4.69) is 38.8 Å². The van der Waals surface area contributed by atoms with Gasteiger partial charge in [0.15, 0.2) is 23.4 Å². The van der Waals surface area contributed by atoms with Crippen LogP contribution in [-0.4, -0.2) is 43.5 Å². The van der Waals surface area contributed by atoms with Crippen molar-refractivity contribution in [3.63, 3.8) is 0 Å². The Balaban J connectivity index is 1.83. The van der Waals surface area contributed by atoms with Crippen molar-refractivity contribution in [1.82, 2.24) is 4.90 Å². The first-order valence-electron chi connectivity index (χ1n) is 9.45. The third-order valence-electron chi connectivity index (χ3n) is 8.03. The molecule has 2 bridgehead atoms. The van der Waals surface area contributed by atoms with E-state index in [9.17, 15) is 4.79 Å². The molecule has 1 aromatic carbocycles. The number of nitrogens with zero attached hydrogens (tertiary/aromatic N) is 1. The van der Waals surface area contributed by atoms with E-state index >= 15 is 0 Å². The van der Waals surface area contributed by atoms with Gasteiger partial charge < -0.3 is 14.4 Å². The molecule has 0 N–H and O–H groups in total. The third-order valence-corrected chi connectivity index (χ3v) is 8.03. The smallest absolute Gasteiger partial charge is 0.180 e. The molecule has 0 aromatic heterocycles. The molecule has 2 heterocycles. The number of Topliss-reactive ketones (excluding diaryl/α,β-unsaturated/α-hetero) is 1. The molecule has 5 rings (SSSR count). The lowest BCUT2D eigenvalue weighted by molar-refractivity contribution is -0.162. The van der Waals surface area contributed by atoms with Crippen LogP contribution in [-0.2, 0) is 16.6 Å². The molecule has 25 heavy (non-hydrogen) atoms. The Hall–Kier alpha value is -1.55. The number of rotatable bonds is 1. The summed E-state index contributed by atoms with van der Waals surface area (Å²) in [6.07, 6.45) is 1.68. The largest absolute Gasteiger partial charge is 0.493 e. The zero-order chi connectivity index (χ0) is 17.7. The molecule has 1 spiro atoms. The summed E-state index contributed by atoms with van der Waals surface area (Å²) in [5.74, 6) is 2.67. The predicted molar refractivity (Wildman–Crippen MR) is 95.3 cm³/mol. The summed E-state index contributed by atoms with van der Waals surface area (Å²) in [5.41, 5.74) is 2.12. The number of likely N-dealkylation sites (tertiary alicyclic amines) is 1. The van der Waals surface area contributed by atoms with Crippen LogP contribution in [0.25, 0.3) is 0 Å². The van der Waals surface area contributed by atoms with Crippen molar-refractivity contribution in [2.24, 2.45) is 17.3 Å². The molecule has 2 fully saturated rings. The number of piperidine rings is 1. The minimum Gasteiger partial charge on any atom is -0.493 e. The van der Waals surface area contributed by atoms with E-state index in [0.717, 1.165) is 30.9 Å². The highest BCUT2D eigenvalue weighted by atomic mass is 16.5. The zero-order valence-corrected chi connectivity index (χ0v) is 15.8. The van der Waals surface area contributed by atoms with Gasteiger partial charge in [0.05, 0.1) is 7.11 Å². The van der Waals surface area contributed by atoms with Gasteiger partial charge in [-0.1, -0.05) is 26.8 Å². The van der Waals surface area contributed by atoms with Crippen molar-refractivity contribution in [2.45, 2.75) is 51.2 Å². The number of carbonyl (C=O) groups is 1. The third kappa shape index (κ3) is 1.57. The number of hydrogen-bond acceptors (Lipinski definition) is 4. The van der Waals surface area contributed by atoms with E-state index in [1.165, 1.54) is 11.1 Å². The lowest BCUT2D eigenvalue weighted by atomic mass is 9.44. The van der Waals surface area contributed by atoms with E-state index in [4.69, 9.17) is 9.47 Å². The van der Waals surface area contributed by atoms with E-state index in [0.29, 0.717) is 17.9 Å². The van der Waals surface area contributed by atoms with Crippen molar-refractivity contribution in [2.75, 3.05) is 20.7 Å². The average Bonchev–Trinajstić information content (AvgIpc) is 2.93. The van der Waals surface area contributed by atoms with Crippen LogP contribution in [0.1, 0.15) is 38.3 Å². The fourth-order valence-electron chi connectivity index (χ4n) is 6.41. The minimum atomic E-state index is -0.359. The second-order valence-corrected chi connectivity index (χ2v) is 9.07. The first-order chi connectivity index (χ1) is 11.8. The molecule has 1 unspecified atom stereocenters. The molecule has 4 aliphatic rings. The molecule has 5 atom stereocenters. The maximum Gasteiger partial charge on any atom is 0.180 e. The lowest BCUT2D eigenvalue weighted by Crippen LogP contribution is -2.71. The number of benzene rings is 1. The van der Waals surface area contributed by atoms with Gasteiger partial charge in [0, 0.05) is 22.4 Å². The second kappa shape index (κ2) is 4.59. The van der Waals surface area contributed by atoms with E-state index in [-0.39, 0.29) is 22.7 Å². The monoisotopic (exact) mass is 341 g/mol. The summed E-state index contributed by atoms with van der Waals surface area (Å²) in [5, 5.41) is 0. The highest BCUT2D eigenvalue weighted by Crippen LogP contribution is 2.66. The molecule has 2 aliphatic carbocycles. The van der Waals surface area contributed by atoms with Crippen molar-refractivity contribution in [1.29, 1.82) is 0 Å². The fraction of sp³-hybridized carbons (Fsp3) is 0.667. The zero-order valence-electron chi connectivity index (χ0n) is 15.8. The number of hydrogen-bond donors (Lipinski definition) is 0. The Morgan fingerprint density at radius 1 is 1.32 bits per heavy atom. The Bertz CT molecular complexity index is 786. The van der Waals surface area contributed by atoms with Gasteiger partial charge in [-0.3, -0.25) is 4.79 Å². The molecule has 0 radical (unpaired) electrons. The summed E-state index contributed by atoms with van der Waals surface area (Å²) in [6, 6.07) is 4.69. The number of likely N-dealkylation sites (N-methyl/N-ethyl adjacent to an activating group) is 1. The highest BCUT2D eigenvalue weighted by Gasteiger charge is 2.71. The first kappa shape index (κ1) is 15.7. The van der Waals surface area contributed by atoms with Gasteiger partial charge in [-0.25, -0.2) is 0 Å². The van der Waals surface area contributed by atoms with E-state index in [1.54, 1.807) is 7.11 Å². The van der Waals surface area contributed by atoms with Crippen LogP contribution in [0.3, 0.4) is 0 Å². The number of ether oxygens (including phenoxy) is 2. The Labute approximate surface area is 149 Å². The van der Waals surface area contributed by atoms with Gasteiger partial charge in [0.1, 0.15) is 0 Å². The Morgan fingerprint density at radius 3 is 2.80 bits per heavy atom.